The Bertz CT molecular complexity index is 353. The molecule has 5 nitrogen and oxygen atoms in total. The van der Waals surface area contributed by atoms with E-state index in [1.165, 1.54) is 0 Å². The zero-order chi connectivity index (χ0) is 12.7. The Hall–Kier alpha value is -1.14. The Morgan fingerprint density at radius 3 is 3.00 bits per heavy atom. The Morgan fingerprint density at radius 2 is 2.41 bits per heavy atom. The van der Waals surface area contributed by atoms with E-state index < -0.39 is 0 Å². The van der Waals surface area contributed by atoms with Crippen molar-refractivity contribution in [3.8, 4) is 0 Å². The summed E-state index contributed by atoms with van der Waals surface area (Å²) in [5.74, 6) is 0. The molecule has 1 heterocycles. The molecule has 0 radical (unpaired) electrons. The monoisotopic (exact) mass is 256 g/mol. The van der Waals surface area contributed by atoms with Crippen molar-refractivity contribution in [3.05, 3.63) is 18.0 Å². The molecular weight excluding hydrogens is 236 g/mol. The van der Waals surface area contributed by atoms with Gasteiger partial charge < -0.3 is 15.4 Å². The highest BCUT2D eigenvalue weighted by molar-refractivity contribution is 7.80. The number of rotatable bonds is 6. The third-order valence-electron chi connectivity index (χ3n) is 2.37. The van der Waals surface area contributed by atoms with Crippen LogP contribution in [-0.4, -0.2) is 35.2 Å². The summed E-state index contributed by atoms with van der Waals surface area (Å²) in [6.45, 7) is 6.32. The third kappa shape index (κ3) is 4.70. The van der Waals surface area contributed by atoms with Crippen LogP contribution in [-0.2, 0) is 11.3 Å². The van der Waals surface area contributed by atoms with Crippen molar-refractivity contribution < 1.29 is 4.74 Å². The highest BCUT2D eigenvalue weighted by Gasteiger charge is 2.09. The number of methoxy groups -OCH3 is 1. The van der Waals surface area contributed by atoms with E-state index in [0.717, 1.165) is 12.2 Å². The zero-order valence-corrected chi connectivity index (χ0v) is 11.4. The van der Waals surface area contributed by atoms with E-state index >= 15 is 0 Å². The van der Waals surface area contributed by atoms with E-state index in [2.05, 4.69) is 22.7 Å². The second kappa shape index (κ2) is 7.24. The van der Waals surface area contributed by atoms with Gasteiger partial charge in [-0.25, -0.2) is 0 Å². The van der Waals surface area contributed by atoms with Gasteiger partial charge in [-0.3, -0.25) is 4.68 Å². The minimum Gasteiger partial charge on any atom is -0.383 e. The highest BCUT2D eigenvalue weighted by atomic mass is 32.1. The van der Waals surface area contributed by atoms with Crippen LogP contribution >= 0.6 is 12.2 Å². The fourth-order valence-corrected chi connectivity index (χ4v) is 1.65. The Morgan fingerprint density at radius 1 is 1.65 bits per heavy atom. The predicted octanol–water partition coefficient (Wildman–Crippen LogP) is 1.07. The molecule has 0 saturated heterocycles. The van der Waals surface area contributed by atoms with E-state index in [1.54, 1.807) is 7.11 Å². The maximum absolute atomic E-state index is 5.17. The van der Waals surface area contributed by atoms with Gasteiger partial charge in [-0.1, -0.05) is 0 Å². The molecule has 1 unspecified atom stereocenters. The fourth-order valence-electron chi connectivity index (χ4n) is 1.37. The average molecular weight is 256 g/mol. The number of ether oxygens (including phenoxy) is 1. The molecule has 0 aliphatic heterocycles. The second-order valence-corrected chi connectivity index (χ2v) is 4.12. The van der Waals surface area contributed by atoms with Crippen LogP contribution in [0, 0.1) is 0 Å². The first kappa shape index (κ1) is 13.9. The summed E-state index contributed by atoms with van der Waals surface area (Å²) >= 11 is 5.17. The number of aryl methyl sites for hydroxylation is 1. The van der Waals surface area contributed by atoms with Crippen molar-refractivity contribution in [1.82, 2.24) is 20.4 Å². The van der Waals surface area contributed by atoms with Crippen molar-refractivity contribution in [2.75, 3.05) is 20.3 Å². The first-order valence-corrected chi connectivity index (χ1v) is 6.14. The van der Waals surface area contributed by atoms with Crippen LogP contribution in [0.15, 0.2) is 12.3 Å². The lowest BCUT2D eigenvalue weighted by Crippen LogP contribution is -2.38. The van der Waals surface area contributed by atoms with Crippen LogP contribution in [0.25, 0.3) is 0 Å². The standard InChI is InChI=1S/C11H20N4OS/c1-4-15-7-5-10(14-15)9(2)13-11(17)12-6-8-16-3/h5,7,9H,4,6,8H2,1-3H3,(H2,12,13,17). The van der Waals surface area contributed by atoms with Crippen LogP contribution in [0.2, 0.25) is 0 Å². The van der Waals surface area contributed by atoms with Crippen LogP contribution < -0.4 is 10.6 Å². The molecule has 0 amide bonds. The number of nitrogens with one attached hydrogen (secondary N) is 2. The number of nitrogens with zero attached hydrogens (tertiary/aromatic N) is 2. The van der Waals surface area contributed by atoms with Gasteiger partial charge in [0.05, 0.1) is 18.3 Å². The topological polar surface area (TPSA) is 51.1 Å². The van der Waals surface area contributed by atoms with Gasteiger partial charge in [0.25, 0.3) is 0 Å². The molecule has 1 aromatic rings. The third-order valence-corrected chi connectivity index (χ3v) is 2.63. The average Bonchev–Trinajstić information content (AvgIpc) is 2.78. The van der Waals surface area contributed by atoms with Gasteiger partial charge in [0.1, 0.15) is 0 Å². The van der Waals surface area contributed by atoms with Crippen molar-refractivity contribution in [2.24, 2.45) is 0 Å². The number of hydrogen-bond acceptors (Lipinski definition) is 3. The van der Waals surface area contributed by atoms with Crippen LogP contribution in [0.3, 0.4) is 0 Å². The van der Waals surface area contributed by atoms with E-state index in [4.69, 9.17) is 17.0 Å². The molecular formula is C11H20N4OS. The van der Waals surface area contributed by atoms with E-state index in [1.807, 2.05) is 23.9 Å². The molecule has 1 atom stereocenters. The van der Waals surface area contributed by atoms with Gasteiger partial charge in [0.2, 0.25) is 0 Å². The normalized spacial score (nSPS) is 12.2. The molecule has 1 rings (SSSR count). The molecule has 0 spiro atoms. The lowest BCUT2D eigenvalue weighted by atomic mass is 10.2. The maximum Gasteiger partial charge on any atom is 0.166 e. The zero-order valence-electron chi connectivity index (χ0n) is 10.6. The van der Waals surface area contributed by atoms with Crippen molar-refractivity contribution in [2.45, 2.75) is 26.4 Å². The van der Waals surface area contributed by atoms with E-state index in [9.17, 15) is 0 Å². The summed E-state index contributed by atoms with van der Waals surface area (Å²) in [4.78, 5) is 0. The van der Waals surface area contributed by atoms with Crippen molar-refractivity contribution in [1.29, 1.82) is 0 Å². The molecule has 6 heteroatoms. The summed E-state index contributed by atoms with van der Waals surface area (Å²) < 4.78 is 6.83. The van der Waals surface area contributed by atoms with Gasteiger partial charge >= 0.3 is 0 Å². The molecule has 17 heavy (non-hydrogen) atoms. The van der Waals surface area contributed by atoms with Gasteiger partial charge in [-0.05, 0) is 32.1 Å². The lowest BCUT2D eigenvalue weighted by Gasteiger charge is -2.15. The molecule has 0 aromatic carbocycles. The molecule has 0 aliphatic rings. The first-order valence-electron chi connectivity index (χ1n) is 5.74. The molecule has 0 aliphatic carbocycles. The molecule has 0 saturated carbocycles. The quantitative estimate of drug-likeness (QED) is 0.589. The van der Waals surface area contributed by atoms with Crippen molar-refractivity contribution in [3.63, 3.8) is 0 Å². The Kier molecular flexibility index (Phi) is 5.93. The molecule has 2 N–H and O–H groups in total. The Labute approximate surface area is 108 Å². The minimum atomic E-state index is 0.102. The van der Waals surface area contributed by atoms with Gasteiger partial charge in [0.15, 0.2) is 5.11 Å². The maximum atomic E-state index is 5.17. The highest BCUT2D eigenvalue weighted by Crippen LogP contribution is 2.08. The molecule has 96 valence electrons. The minimum absolute atomic E-state index is 0.102. The van der Waals surface area contributed by atoms with Gasteiger partial charge in [-0.2, -0.15) is 5.10 Å². The van der Waals surface area contributed by atoms with Crippen molar-refractivity contribution >= 4 is 17.3 Å². The van der Waals surface area contributed by atoms with E-state index in [0.29, 0.717) is 18.3 Å². The van der Waals surface area contributed by atoms with Crippen LogP contribution in [0.1, 0.15) is 25.6 Å². The van der Waals surface area contributed by atoms with E-state index in [-0.39, 0.29) is 6.04 Å². The van der Waals surface area contributed by atoms with Crippen LogP contribution in [0.5, 0.6) is 0 Å². The molecule has 1 aromatic heterocycles. The largest absolute Gasteiger partial charge is 0.383 e. The fraction of sp³-hybridized carbons (Fsp3) is 0.636. The Balaban J connectivity index is 2.37. The summed E-state index contributed by atoms with van der Waals surface area (Å²) in [6.07, 6.45) is 1.97. The predicted molar refractivity (Wildman–Crippen MR) is 71.9 cm³/mol. The van der Waals surface area contributed by atoms with Gasteiger partial charge in [0, 0.05) is 26.4 Å². The first-order chi connectivity index (χ1) is 8.17. The lowest BCUT2D eigenvalue weighted by molar-refractivity contribution is 0.204. The number of thiocarbonyl (C=S) groups is 1. The SMILES string of the molecule is CCn1ccc(C(C)NC(=S)NCCOC)n1. The number of hydrogen-bond donors (Lipinski definition) is 2. The van der Waals surface area contributed by atoms with Gasteiger partial charge in [-0.15, -0.1) is 0 Å². The smallest absolute Gasteiger partial charge is 0.166 e. The van der Waals surface area contributed by atoms with Crippen LogP contribution in [0.4, 0.5) is 0 Å². The summed E-state index contributed by atoms with van der Waals surface area (Å²) in [5.41, 5.74) is 0.989. The second-order valence-electron chi connectivity index (χ2n) is 3.71. The summed E-state index contributed by atoms with van der Waals surface area (Å²) in [5, 5.41) is 11.3. The summed E-state index contributed by atoms with van der Waals surface area (Å²) in [7, 11) is 1.66. The number of aromatic nitrogens is 2. The molecule has 0 fully saturated rings. The molecule has 0 bridgehead atoms. The summed E-state index contributed by atoms with van der Waals surface area (Å²) in [6, 6.07) is 2.10.